The van der Waals surface area contributed by atoms with Gasteiger partial charge in [-0.3, -0.25) is 14.6 Å². The minimum absolute atomic E-state index is 0.179. The molecule has 0 saturated carbocycles. The van der Waals surface area contributed by atoms with Crippen molar-refractivity contribution in [3.8, 4) is 0 Å². The smallest absolute Gasteiger partial charge is 0.227 e. The van der Waals surface area contributed by atoms with E-state index >= 15 is 0 Å². The molecule has 1 aromatic rings. The monoisotopic (exact) mass is 330 g/mol. The molecule has 2 amide bonds. The zero-order valence-electron chi connectivity index (χ0n) is 14.3. The third kappa shape index (κ3) is 3.75. The average molecular weight is 330 g/mol. The van der Waals surface area contributed by atoms with E-state index in [-0.39, 0.29) is 11.8 Å². The lowest BCUT2D eigenvalue weighted by Gasteiger charge is -2.47. The van der Waals surface area contributed by atoms with Crippen molar-refractivity contribution in [1.82, 2.24) is 20.1 Å². The molecular formula is C18H26N4O2. The third-order valence-corrected chi connectivity index (χ3v) is 5.20. The maximum absolute atomic E-state index is 12.6. The Hall–Kier alpha value is -1.95. The maximum Gasteiger partial charge on any atom is 0.227 e. The normalized spacial score (nSPS) is 24.0. The van der Waals surface area contributed by atoms with Gasteiger partial charge in [0.1, 0.15) is 0 Å². The van der Waals surface area contributed by atoms with Crippen LogP contribution in [-0.2, 0) is 16.0 Å². The molecule has 2 aliphatic rings. The van der Waals surface area contributed by atoms with Crippen molar-refractivity contribution in [3.63, 3.8) is 0 Å². The molecule has 0 unspecified atom stereocenters. The van der Waals surface area contributed by atoms with Crippen LogP contribution in [0.4, 0.5) is 0 Å². The standard InChI is InChI=1S/C18H26N4O2/c1-19-9-11-22-16-6-10-21(13-15(16)2-3-17(22)23)18(24)12-14-4-7-20-8-5-14/h4-5,7-8,15-16,19H,2-3,6,9-13H2,1H3/t15-,16+/m0/s1. The number of amides is 2. The Bertz CT molecular complexity index is 578. The Labute approximate surface area is 143 Å². The van der Waals surface area contributed by atoms with E-state index in [1.807, 2.05) is 29.0 Å². The number of likely N-dealkylation sites (tertiary alicyclic amines) is 2. The number of nitrogens with one attached hydrogen (secondary N) is 1. The highest BCUT2D eigenvalue weighted by atomic mass is 16.2. The summed E-state index contributed by atoms with van der Waals surface area (Å²) < 4.78 is 0. The molecule has 0 spiro atoms. The molecule has 2 aliphatic heterocycles. The molecule has 1 aromatic heterocycles. The fourth-order valence-electron chi connectivity index (χ4n) is 3.89. The predicted octanol–water partition coefficient (Wildman–Crippen LogP) is 0.683. The lowest BCUT2D eigenvalue weighted by Crippen LogP contribution is -2.57. The Morgan fingerprint density at radius 1 is 1.33 bits per heavy atom. The second kappa shape index (κ2) is 7.75. The number of nitrogens with zero attached hydrogens (tertiary/aromatic N) is 3. The van der Waals surface area contributed by atoms with Crippen LogP contribution in [0.15, 0.2) is 24.5 Å². The van der Waals surface area contributed by atoms with Crippen molar-refractivity contribution >= 4 is 11.8 Å². The Balaban J connectivity index is 1.60. The Morgan fingerprint density at radius 3 is 2.88 bits per heavy atom. The van der Waals surface area contributed by atoms with Crippen LogP contribution in [0.2, 0.25) is 0 Å². The summed E-state index contributed by atoms with van der Waals surface area (Å²) in [5.74, 6) is 0.857. The highest BCUT2D eigenvalue weighted by molar-refractivity contribution is 5.79. The van der Waals surface area contributed by atoms with Gasteiger partial charge < -0.3 is 15.1 Å². The molecule has 0 bridgehead atoms. The minimum Gasteiger partial charge on any atom is -0.342 e. The highest BCUT2D eigenvalue weighted by Gasteiger charge is 2.39. The molecule has 0 aliphatic carbocycles. The van der Waals surface area contributed by atoms with Crippen molar-refractivity contribution in [2.75, 3.05) is 33.2 Å². The number of piperidine rings is 2. The molecule has 3 heterocycles. The molecule has 24 heavy (non-hydrogen) atoms. The van der Waals surface area contributed by atoms with Crippen LogP contribution in [0.25, 0.3) is 0 Å². The summed E-state index contributed by atoms with van der Waals surface area (Å²) >= 11 is 0. The second-order valence-corrected chi connectivity index (χ2v) is 6.72. The van der Waals surface area contributed by atoms with Gasteiger partial charge in [0.25, 0.3) is 0 Å². The van der Waals surface area contributed by atoms with E-state index in [1.54, 1.807) is 12.4 Å². The summed E-state index contributed by atoms with van der Waals surface area (Å²) in [5.41, 5.74) is 1.01. The van der Waals surface area contributed by atoms with Gasteiger partial charge in [0.05, 0.1) is 6.42 Å². The number of aromatic nitrogens is 1. The molecular weight excluding hydrogens is 304 g/mol. The number of pyridine rings is 1. The Morgan fingerprint density at radius 2 is 2.12 bits per heavy atom. The zero-order chi connectivity index (χ0) is 16.9. The Kier molecular flexibility index (Phi) is 5.45. The quantitative estimate of drug-likeness (QED) is 0.862. The van der Waals surface area contributed by atoms with Gasteiger partial charge in [0, 0.05) is 51.0 Å². The van der Waals surface area contributed by atoms with Crippen LogP contribution in [-0.4, -0.2) is 65.9 Å². The van der Waals surface area contributed by atoms with Crippen molar-refractivity contribution in [2.24, 2.45) is 5.92 Å². The topological polar surface area (TPSA) is 65.5 Å². The van der Waals surface area contributed by atoms with Gasteiger partial charge >= 0.3 is 0 Å². The van der Waals surface area contributed by atoms with E-state index in [0.29, 0.717) is 24.8 Å². The average Bonchev–Trinajstić information content (AvgIpc) is 2.61. The first-order valence-electron chi connectivity index (χ1n) is 8.80. The van der Waals surface area contributed by atoms with Crippen LogP contribution in [0.1, 0.15) is 24.8 Å². The minimum atomic E-state index is 0.179. The molecule has 0 radical (unpaired) electrons. The fourth-order valence-corrected chi connectivity index (χ4v) is 3.89. The second-order valence-electron chi connectivity index (χ2n) is 6.72. The molecule has 1 N–H and O–H groups in total. The number of carbonyl (C=O) groups is 2. The van der Waals surface area contributed by atoms with E-state index < -0.39 is 0 Å². The van der Waals surface area contributed by atoms with Crippen LogP contribution >= 0.6 is 0 Å². The molecule has 6 heteroatoms. The lowest BCUT2D eigenvalue weighted by molar-refractivity contribution is -0.143. The van der Waals surface area contributed by atoms with E-state index in [1.165, 1.54) is 0 Å². The molecule has 2 fully saturated rings. The summed E-state index contributed by atoms with van der Waals surface area (Å²) in [4.78, 5) is 32.8. The third-order valence-electron chi connectivity index (χ3n) is 5.20. The first-order chi connectivity index (χ1) is 11.7. The first-order valence-corrected chi connectivity index (χ1v) is 8.80. The van der Waals surface area contributed by atoms with Gasteiger partial charge in [-0.25, -0.2) is 0 Å². The fraction of sp³-hybridized carbons (Fsp3) is 0.611. The van der Waals surface area contributed by atoms with Gasteiger partial charge in [-0.15, -0.1) is 0 Å². The van der Waals surface area contributed by atoms with Crippen LogP contribution in [0, 0.1) is 5.92 Å². The van der Waals surface area contributed by atoms with Gasteiger partial charge in [-0.1, -0.05) is 0 Å². The number of carbonyl (C=O) groups excluding carboxylic acids is 2. The van der Waals surface area contributed by atoms with Gasteiger partial charge in [0.15, 0.2) is 0 Å². The molecule has 2 saturated heterocycles. The van der Waals surface area contributed by atoms with Gasteiger partial charge in [-0.05, 0) is 43.5 Å². The van der Waals surface area contributed by atoms with Crippen molar-refractivity contribution in [3.05, 3.63) is 30.1 Å². The van der Waals surface area contributed by atoms with Crippen molar-refractivity contribution < 1.29 is 9.59 Å². The maximum atomic E-state index is 12.6. The van der Waals surface area contributed by atoms with Crippen LogP contribution < -0.4 is 5.32 Å². The number of fused-ring (bicyclic) bond motifs is 1. The van der Waals surface area contributed by atoms with E-state index in [9.17, 15) is 9.59 Å². The van der Waals surface area contributed by atoms with Gasteiger partial charge in [-0.2, -0.15) is 0 Å². The number of hydrogen-bond donors (Lipinski definition) is 1. The number of hydrogen-bond acceptors (Lipinski definition) is 4. The first kappa shape index (κ1) is 16.9. The van der Waals surface area contributed by atoms with Gasteiger partial charge in [0.2, 0.25) is 11.8 Å². The molecule has 0 aromatic carbocycles. The summed E-state index contributed by atoms with van der Waals surface area (Å²) in [7, 11) is 1.91. The zero-order valence-corrected chi connectivity index (χ0v) is 14.3. The summed E-state index contributed by atoms with van der Waals surface area (Å²) in [6, 6.07) is 4.08. The predicted molar refractivity (Wildman–Crippen MR) is 91.3 cm³/mol. The molecule has 2 atom stereocenters. The van der Waals surface area contributed by atoms with Crippen molar-refractivity contribution in [1.29, 1.82) is 0 Å². The van der Waals surface area contributed by atoms with Crippen LogP contribution in [0.3, 0.4) is 0 Å². The molecule has 3 rings (SSSR count). The summed E-state index contributed by atoms with van der Waals surface area (Å²) in [6.07, 6.45) is 6.28. The summed E-state index contributed by atoms with van der Waals surface area (Å²) in [6.45, 7) is 3.10. The van der Waals surface area contributed by atoms with E-state index in [4.69, 9.17) is 0 Å². The highest BCUT2D eigenvalue weighted by Crippen LogP contribution is 2.31. The summed E-state index contributed by atoms with van der Waals surface area (Å²) in [5, 5.41) is 3.12. The number of likely N-dealkylation sites (N-methyl/N-ethyl adjacent to an activating group) is 1. The molecule has 6 nitrogen and oxygen atoms in total. The lowest BCUT2D eigenvalue weighted by atomic mass is 9.83. The van der Waals surface area contributed by atoms with E-state index in [2.05, 4.69) is 10.3 Å². The SMILES string of the molecule is CNCCN1C(=O)CC[C@H]2CN(C(=O)Cc3ccncc3)CC[C@H]21. The molecule has 130 valence electrons. The number of rotatable bonds is 5. The largest absolute Gasteiger partial charge is 0.342 e. The van der Waals surface area contributed by atoms with Crippen molar-refractivity contribution in [2.45, 2.75) is 31.7 Å². The van der Waals surface area contributed by atoms with E-state index in [0.717, 1.165) is 44.6 Å². The van der Waals surface area contributed by atoms with Crippen LogP contribution in [0.5, 0.6) is 0 Å².